The molecule has 7 heteroatoms. The van der Waals surface area contributed by atoms with E-state index in [1.54, 1.807) is 12.1 Å². The van der Waals surface area contributed by atoms with Crippen molar-refractivity contribution in [3.05, 3.63) is 59.4 Å². The van der Waals surface area contributed by atoms with Crippen LogP contribution in [0.25, 0.3) is 0 Å². The maximum atomic E-state index is 13.2. The van der Waals surface area contributed by atoms with Gasteiger partial charge in [0.15, 0.2) is 11.5 Å². The number of carbonyl (C=O) groups excluding carboxylic acids is 1. The molecule has 1 fully saturated rings. The first-order valence-corrected chi connectivity index (χ1v) is 9.85. The first kappa shape index (κ1) is 19.5. The summed E-state index contributed by atoms with van der Waals surface area (Å²) in [5.74, 6) is 1.30. The van der Waals surface area contributed by atoms with Gasteiger partial charge in [0.1, 0.15) is 5.82 Å². The van der Waals surface area contributed by atoms with Crippen molar-refractivity contribution in [2.24, 2.45) is 0 Å². The summed E-state index contributed by atoms with van der Waals surface area (Å²) in [4.78, 5) is 16.9. The number of carbonyl (C=O) groups is 1. The highest BCUT2D eigenvalue weighted by Crippen LogP contribution is 2.32. The van der Waals surface area contributed by atoms with Crippen molar-refractivity contribution >= 4 is 6.03 Å². The Kier molecular flexibility index (Phi) is 5.32. The Morgan fingerprint density at radius 1 is 1.03 bits per heavy atom. The number of benzene rings is 2. The van der Waals surface area contributed by atoms with E-state index in [1.807, 2.05) is 30.9 Å². The second kappa shape index (κ2) is 7.91. The van der Waals surface area contributed by atoms with Gasteiger partial charge in [-0.05, 0) is 49.2 Å². The molecule has 0 bridgehead atoms. The van der Waals surface area contributed by atoms with Crippen molar-refractivity contribution in [2.45, 2.75) is 25.9 Å². The minimum Gasteiger partial charge on any atom is -0.454 e. The van der Waals surface area contributed by atoms with Gasteiger partial charge in [-0.1, -0.05) is 18.2 Å². The van der Waals surface area contributed by atoms with Crippen molar-refractivity contribution in [3.63, 3.8) is 0 Å². The number of ether oxygens (including phenoxy) is 2. The van der Waals surface area contributed by atoms with Gasteiger partial charge in [0, 0.05) is 32.7 Å². The molecule has 2 aromatic rings. The number of rotatable bonds is 4. The van der Waals surface area contributed by atoms with Crippen LogP contribution in [0.15, 0.2) is 42.5 Å². The second-order valence-electron chi connectivity index (χ2n) is 8.01. The number of hydrogen-bond acceptors (Lipinski definition) is 4. The van der Waals surface area contributed by atoms with E-state index >= 15 is 0 Å². The highest BCUT2D eigenvalue weighted by molar-refractivity contribution is 5.75. The number of hydrogen-bond donors (Lipinski definition) is 1. The molecule has 154 valence electrons. The first-order chi connectivity index (χ1) is 13.9. The molecule has 0 saturated carbocycles. The zero-order valence-electron chi connectivity index (χ0n) is 16.8. The quantitative estimate of drug-likeness (QED) is 0.857. The van der Waals surface area contributed by atoms with E-state index in [-0.39, 0.29) is 18.6 Å². The molecule has 6 nitrogen and oxygen atoms in total. The molecule has 2 amide bonds. The molecule has 0 spiro atoms. The number of fused-ring (bicyclic) bond motifs is 1. The molecule has 0 atom stereocenters. The molecular weight excluding hydrogens is 373 g/mol. The van der Waals surface area contributed by atoms with Crippen molar-refractivity contribution < 1.29 is 18.7 Å². The van der Waals surface area contributed by atoms with Crippen molar-refractivity contribution in [2.75, 3.05) is 33.0 Å². The predicted molar refractivity (Wildman–Crippen MR) is 107 cm³/mol. The minimum atomic E-state index is -0.575. The number of amides is 2. The van der Waals surface area contributed by atoms with E-state index < -0.39 is 5.54 Å². The van der Waals surface area contributed by atoms with E-state index in [0.717, 1.165) is 36.7 Å². The van der Waals surface area contributed by atoms with Gasteiger partial charge in [-0.2, -0.15) is 0 Å². The lowest BCUT2D eigenvalue weighted by molar-refractivity contribution is 0.130. The van der Waals surface area contributed by atoms with Crippen LogP contribution in [0.5, 0.6) is 11.5 Å². The van der Waals surface area contributed by atoms with E-state index in [9.17, 15) is 9.18 Å². The SMILES string of the molecule is CC(C)(NC(=O)N1CCN(Cc2ccc3c(c2)OCO3)CC1)c1ccc(F)cc1. The number of piperazine rings is 1. The maximum Gasteiger partial charge on any atom is 0.318 e. The lowest BCUT2D eigenvalue weighted by Crippen LogP contribution is -2.54. The summed E-state index contributed by atoms with van der Waals surface area (Å²) >= 11 is 0. The topological polar surface area (TPSA) is 54.0 Å². The third-order valence-corrected chi connectivity index (χ3v) is 5.49. The van der Waals surface area contributed by atoms with Gasteiger partial charge in [-0.3, -0.25) is 4.90 Å². The monoisotopic (exact) mass is 399 g/mol. The number of halogens is 1. The van der Waals surface area contributed by atoms with Gasteiger partial charge in [-0.25, -0.2) is 9.18 Å². The summed E-state index contributed by atoms with van der Waals surface area (Å²) < 4.78 is 24.0. The first-order valence-electron chi connectivity index (χ1n) is 9.85. The van der Waals surface area contributed by atoms with E-state index in [2.05, 4.69) is 16.3 Å². The van der Waals surface area contributed by atoms with Gasteiger partial charge < -0.3 is 19.7 Å². The predicted octanol–water partition coefficient (Wildman–Crippen LogP) is 3.32. The van der Waals surface area contributed by atoms with Gasteiger partial charge in [0.05, 0.1) is 5.54 Å². The summed E-state index contributed by atoms with van der Waals surface area (Å²) in [6.45, 7) is 7.87. The molecule has 0 aliphatic carbocycles. The van der Waals surface area contributed by atoms with Crippen molar-refractivity contribution in [1.82, 2.24) is 15.1 Å². The molecule has 2 aliphatic heterocycles. The highest BCUT2D eigenvalue weighted by atomic mass is 19.1. The van der Waals surface area contributed by atoms with Crippen LogP contribution >= 0.6 is 0 Å². The van der Waals surface area contributed by atoms with Crippen LogP contribution in [0.3, 0.4) is 0 Å². The molecule has 1 N–H and O–H groups in total. The highest BCUT2D eigenvalue weighted by Gasteiger charge is 2.28. The van der Waals surface area contributed by atoms with Crippen LogP contribution in [-0.2, 0) is 12.1 Å². The Balaban J connectivity index is 1.29. The Morgan fingerprint density at radius 2 is 1.72 bits per heavy atom. The van der Waals surface area contributed by atoms with Crippen LogP contribution in [0.1, 0.15) is 25.0 Å². The zero-order valence-corrected chi connectivity index (χ0v) is 16.8. The number of nitrogens with zero attached hydrogens (tertiary/aromatic N) is 2. The Morgan fingerprint density at radius 3 is 2.45 bits per heavy atom. The van der Waals surface area contributed by atoms with Crippen LogP contribution in [0.4, 0.5) is 9.18 Å². The third kappa shape index (κ3) is 4.45. The second-order valence-corrected chi connectivity index (χ2v) is 8.01. The summed E-state index contributed by atoms with van der Waals surface area (Å²) in [5.41, 5.74) is 1.47. The maximum absolute atomic E-state index is 13.2. The molecule has 4 rings (SSSR count). The summed E-state index contributed by atoms with van der Waals surface area (Å²) in [6.07, 6.45) is 0. The molecule has 0 unspecified atom stereocenters. The molecule has 29 heavy (non-hydrogen) atoms. The van der Waals surface area contributed by atoms with Gasteiger partial charge in [0.25, 0.3) is 0 Å². The van der Waals surface area contributed by atoms with Gasteiger partial charge in [0.2, 0.25) is 6.79 Å². The molecule has 2 heterocycles. The van der Waals surface area contributed by atoms with Gasteiger partial charge >= 0.3 is 6.03 Å². The van der Waals surface area contributed by atoms with E-state index in [4.69, 9.17) is 9.47 Å². The largest absolute Gasteiger partial charge is 0.454 e. The van der Waals surface area contributed by atoms with Crippen molar-refractivity contribution in [1.29, 1.82) is 0 Å². The van der Waals surface area contributed by atoms with Crippen LogP contribution in [0.2, 0.25) is 0 Å². The van der Waals surface area contributed by atoms with Crippen molar-refractivity contribution in [3.8, 4) is 11.5 Å². The lowest BCUT2D eigenvalue weighted by Gasteiger charge is -2.37. The molecular formula is C22H26FN3O3. The Labute approximate surface area is 170 Å². The molecule has 2 aromatic carbocycles. The molecule has 0 aromatic heterocycles. The minimum absolute atomic E-state index is 0.0953. The van der Waals surface area contributed by atoms with Crippen LogP contribution in [-0.4, -0.2) is 48.8 Å². The molecule has 0 radical (unpaired) electrons. The third-order valence-electron chi connectivity index (χ3n) is 5.49. The summed E-state index contributed by atoms with van der Waals surface area (Å²) in [6, 6.07) is 12.2. The normalized spacial score (nSPS) is 16.7. The fourth-order valence-corrected chi connectivity index (χ4v) is 3.69. The fraction of sp³-hybridized carbons (Fsp3) is 0.409. The fourth-order valence-electron chi connectivity index (χ4n) is 3.69. The van der Waals surface area contributed by atoms with Crippen LogP contribution in [0, 0.1) is 5.82 Å². The summed E-state index contributed by atoms with van der Waals surface area (Å²) in [7, 11) is 0. The number of urea groups is 1. The van der Waals surface area contributed by atoms with E-state index in [0.29, 0.717) is 13.1 Å². The average molecular weight is 399 g/mol. The number of nitrogens with one attached hydrogen (secondary N) is 1. The Bertz CT molecular complexity index is 877. The molecule has 1 saturated heterocycles. The Hall–Kier alpha value is -2.80. The zero-order chi connectivity index (χ0) is 20.4. The van der Waals surface area contributed by atoms with Crippen LogP contribution < -0.4 is 14.8 Å². The van der Waals surface area contributed by atoms with E-state index in [1.165, 1.54) is 17.7 Å². The lowest BCUT2D eigenvalue weighted by atomic mass is 9.94. The standard InChI is InChI=1S/C22H26FN3O3/c1-22(2,17-4-6-18(23)7-5-17)24-21(27)26-11-9-25(10-12-26)14-16-3-8-19-20(13-16)29-15-28-19/h3-8,13H,9-12,14-15H2,1-2H3,(H,24,27). The molecule has 2 aliphatic rings. The van der Waals surface area contributed by atoms with Gasteiger partial charge in [-0.15, -0.1) is 0 Å². The average Bonchev–Trinajstić information content (AvgIpc) is 3.16. The summed E-state index contributed by atoms with van der Waals surface area (Å²) in [5, 5.41) is 3.07. The smallest absolute Gasteiger partial charge is 0.318 e.